The molecule has 0 aromatic heterocycles. The largest absolute Gasteiger partial charge is 0.390 e. The van der Waals surface area contributed by atoms with E-state index in [-0.39, 0.29) is 23.1 Å². The van der Waals surface area contributed by atoms with Gasteiger partial charge >= 0.3 is 0 Å². The molecule has 2 rings (SSSR count). The fourth-order valence-corrected chi connectivity index (χ4v) is 4.65. The first kappa shape index (κ1) is 11.4. The molecule has 2 heterocycles. The third-order valence-electron chi connectivity index (χ3n) is 3.66. The maximum atomic E-state index is 11.4. The van der Waals surface area contributed by atoms with Gasteiger partial charge in [-0.05, 0) is 33.2 Å². The van der Waals surface area contributed by atoms with Gasteiger partial charge in [0, 0.05) is 5.54 Å². The summed E-state index contributed by atoms with van der Waals surface area (Å²) in [4.78, 5) is 2.17. The molecule has 0 saturated carbocycles. The normalized spacial score (nSPS) is 39.7. The van der Waals surface area contributed by atoms with Gasteiger partial charge in [-0.2, -0.15) is 0 Å². The fourth-order valence-electron chi connectivity index (χ4n) is 2.85. The molecule has 1 N–H and O–H groups in total. The van der Waals surface area contributed by atoms with Gasteiger partial charge in [-0.1, -0.05) is 0 Å². The van der Waals surface area contributed by atoms with Crippen LogP contribution in [0.1, 0.15) is 26.7 Å². The van der Waals surface area contributed by atoms with Gasteiger partial charge in [0.05, 0.1) is 23.7 Å². The number of hydrogen-bond acceptors (Lipinski definition) is 4. The molecule has 0 bridgehead atoms. The molecule has 0 aromatic rings. The smallest absolute Gasteiger partial charge is 0.154 e. The van der Waals surface area contributed by atoms with Crippen LogP contribution in [-0.2, 0) is 9.84 Å². The van der Waals surface area contributed by atoms with E-state index in [1.807, 2.05) is 0 Å². The average molecular weight is 233 g/mol. The van der Waals surface area contributed by atoms with E-state index in [0.29, 0.717) is 0 Å². The summed E-state index contributed by atoms with van der Waals surface area (Å²) in [7, 11) is -3.02. The number of hydrogen-bond donors (Lipinski definition) is 1. The summed E-state index contributed by atoms with van der Waals surface area (Å²) in [6, 6.07) is -0.188. The Morgan fingerprint density at radius 2 is 2.00 bits per heavy atom. The highest BCUT2D eigenvalue weighted by Crippen LogP contribution is 2.33. The number of likely N-dealkylation sites (tertiary alicyclic amines) is 1. The second kappa shape index (κ2) is 3.43. The second-order valence-corrected chi connectivity index (χ2v) is 7.47. The molecule has 2 aliphatic rings. The van der Waals surface area contributed by atoms with Crippen molar-refractivity contribution in [2.45, 2.75) is 44.4 Å². The highest BCUT2D eigenvalue weighted by Gasteiger charge is 2.46. The molecule has 0 aromatic carbocycles. The summed E-state index contributed by atoms with van der Waals surface area (Å²) < 4.78 is 22.9. The van der Waals surface area contributed by atoms with E-state index in [9.17, 15) is 13.5 Å². The van der Waals surface area contributed by atoms with E-state index < -0.39 is 15.9 Å². The summed E-state index contributed by atoms with van der Waals surface area (Å²) >= 11 is 0. The SMILES string of the molecule is CC1(C)CCCN1C1CS(=O)(=O)CC1O. The van der Waals surface area contributed by atoms with Crippen molar-refractivity contribution in [1.29, 1.82) is 0 Å². The van der Waals surface area contributed by atoms with Crippen molar-refractivity contribution < 1.29 is 13.5 Å². The molecule has 2 aliphatic heterocycles. The van der Waals surface area contributed by atoms with Crippen LogP contribution in [0.5, 0.6) is 0 Å². The lowest BCUT2D eigenvalue weighted by Gasteiger charge is -2.37. The number of nitrogens with zero attached hydrogens (tertiary/aromatic N) is 1. The number of sulfone groups is 1. The third kappa shape index (κ3) is 2.05. The molecule has 5 heteroatoms. The molecule has 0 spiro atoms. The molecule has 0 radical (unpaired) electrons. The first-order chi connectivity index (χ1) is 6.82. The van der Waals surface area contributed by atoms with Crippen LogP contribution < -0.4 is 0 Å². The van der Waals surface area contributed by atoms with Gasteiger partial charge in [0.2, 0.25) is 0 Å². The fraction of sp³-hybridized carbons (Fsp3) is 1.00. The summed E-state index contributed by atoms with van der Waals surface area (Å²) in [6.45, 7) is 5.15. The Bertz CT molecular complexity index is 350. The Hall–Kier alpha value is -0.130. The Morgan fingerprint density at radius 3 is 2.40 bits per heavy atom. The topological polar surface area (TPSA) is 57.6 Å². The molecule has 15 heavy (non-hydrogen) atoms. The van der Waals surface area contributed by atoms with Gasteiger partial charge in [0.1, 0.15) is 0 Å². The quantitative estimate of drug-likeness (QED) is 0.693. The van der Waals surface area contributed by atoms with Crippen molar-refractivity contribution in [3.8, 4) is 0 Å². The standard InChI is InChI=1S/C10H19NO3S/c1-10(2)4-3-5-11(10)8-6-15(13,14)7-9(8)12/h8-9,12H,3-7H2,1-2H3. The molecule has 4 nitrogen and oxygen atoms in total. The van der Waals surface area contributed by atoms with E-state index >= 15 is 0 Å². The molecule has 2 unspecified atom stereocenters. The van der Waals surface area contributed by atoms with E-state index in [1.54, 1.807) is 0 Å². The highest BCUT2D eigenvalue weighted by atomic mass is 32.2. The minimum Gasteiger partial charge on any atom is -0.390 e. The number of aliphatic hydroxyl groups excluding tert-OH is 1. The number of aliphatic hydroxyl groups is 1. The predicted octanol–water partition coefficient (Wildman–Crippen LogP) is 0.0187. The Labute approximate surface area is 91.2 Å². The van der Waals surface area contributed by atoms with Crippen LogP contribution in [-0.4, -0.2) is 54.2 Å². The summed E-state index contributed by atoms with van der Waals surface area (Å²) in [5.41, 5.74) is 0.0332. The molecule has 2 fully saturated rings. The van der Waals surface area contributed by atoms with E-state index in [0.717, 1.165) is 19.4 Å². The summed E-state index contributed by atoms with van der Waals surface area (Å²) in [5.74, 6) is 0.0574. The lowest BCUT2D eigenvalue weighted by Crippen LogP contribution is -2.50. The van der Waals surface area contributed by atoms with Crippen LogP contribution in [0.2, 0.25) is 0 Å². The van der Waals surface area contributed by atoms with Gasteiger partial charge in [0.15, 0.2) is 9.84 Å². The average Bonchev–Trinajstić information content (AvgIpc) is 2.51. The van der Waals surface area contributed by atoms with Gasteiger partial charge < -0.3 is 5.11 Å². The third-order valence-corrected chi connectivity index (χ3v) is 5.36. The molecule has 0 amide bonds. The monoisotopic (exact) mass is 233 g/mol. The predicted molar refractivity (Wildman–Crippen MR) is 58.5 cm³/mol. The Balaban J connectivity index is 2.19. The van der Waals surface area contributed by atoms with Crippen LogP contribution in [0, 0.1) is 0 Å². The van der Waals surface area contributed by atoms with E-state index in [2.05, 4.69) is 18.7 Å². The van der Waals surface area contributed by atoms with Gasteiger partial charge in [-0.15, -0.1) is 0 Å². The Morgan fingerprint density at radius 1 is 1.33 bits per heavy atom. The number of rotatable bonds is 1. The van der Waals surface area contributed by atoms with Gasteiger partial charge in [-0.25, -0.2) is 8.42 Å². The van der Waals surface area contributed by atoms with Gasteiger partial charge in [-0.3, -0.25) is 4.90 Å². The molecule has 88 valence electrons. The van der Waals surface area contributed by atoms with Crippen molar-refractivity contribution >= 4 is 9.84 Å². The molecular weight excluding hydrogens is 214 g/mol. The first-order valence-corrected chi connectivity index (χ1v) is 7.29. The first-order valence-electron chi connectivity index (χ1n) is 5.47. The molecule has 2 atom stereocenters. The van der Waals surface area contributed by atoms with Crippen LogP contribution in [0.15, 0.2) is 0 Å². The van der Waals surface area contributed by atoms with E-state index in [1.165, 1.54) is 0 Å². The van der Waals surface area contributed by atoms with Crippen LogP contribution in [0.25, 0.3) is 0 Å². The van der Waals surface area contributed by atoms with Crippen molar-refractivity contribution in [2.24, 2.45) is 0 Å². The molecule has 2 saturated heterocycles. The zero-order valence-electron chi connectivity index (χ0n) is 9.31. The van der Waals surface area contributed by atoms with Gasteiger partial charge in [0.25, 0.3) is 0 Å². The van der Waals surface area contributed by atoms with Crippen molar-refractivity contribution in [3.63, 3.8) is 0 Å². The van der Waals surface area contributed by atoms with Crippen molar-refractivity contribution in [2.75, 3.05) is 18.1 Å². The summed E-state index contributed by atoms with van der Waals surface area (Å²) in [6.07, 6.45) is 1.47. The van der Waals surface area contributed by atoms with Crippen LogP contribution >= 0.6 is 0 Å². The highest BCUT2D eigenvalue weighted by molar-refractivity contribution is 7.91. The van der Waals surface area contributed by atoms with Crippen LogP contribution in [0.3, 0.4) is 0 Å². The van der Waals surface area contributed by atoms with Crippen molar-refractivity contribution in [1.82, 2.24) is 4.90 Å². The zero-order chi connectivity index (χ0) is 11.3. The minimum atomic E-state index is -3.02. The maximum absolute atomic E-state index is 11.4. The minimum absolute atomic E-state index is 0.0332. The van der Waals surface area contributed by atoms with Crippen molar-refractivity contribution in [3.05, 3.63) is 0 Å². The lowest BCUT2D eigenvalue weighted by molar-refractivity contribution is 0.0448. The molecule has 0 aliphatic carbocycles. The molecular formula is C10H19NO3S. The lowest BCUT2D eigenvalue weighted by atomic mass is 10.00. The Kier molecular flexibility index (Phi) is 2.60. The summed E-state index contributed by atoms with van der Waals surface area (Å²) in [5, 5.41) is 9.80. The second-order valence-electron chi connectivity index (χ2n) is 5.32. The van der Waals surface area contributed by atoms with E-state index in [4.69, 9.17) is 0 Å². The maximum Gasteiger partial charge on any atom is 0.154 e. The zero-order valence-corrected chi connectivity index (χ0v) is 10.1. The van der Waals surface area contributed by atoms with Crippen LogP contribution in [0.4, 0.5) is 0 Å².